The first-order chi connectivity index (χ1) is 45.0. The van der Waals surface area contributed by atoms with Gasteiger partial charge in [-0.25, -0.2) is 9.78 Å². The summed E-state index contributed by atoms with van der Waals surface area (Å²) < 4.78 is 11.2. The lowest BCUT2D eigenvalue weighted by atomic mass is 9.92. The lowest BCUT2D eigenvalue weighted by molar-refractivity contribution is 0.562. The van der Waals surface area contributed by atoms with Crippen molar-refractivity contribution in [3.63, 3.8) is 0 Å². The molecule has 0 radical (unpaired) electrons. The molecule has 0 saturated carbocycles. The zero-order valence-electron chi connectivity index (χ0n) is 49.4. The molecular formula is C86H55N3O2. The Morgan fingerprint density at radius 3 is 0.901 bits per heavy atom. The molecule has 0 aliphatic heterocycles. The summed E-state index contributed by atoms with van der Waals surface area (Å²) in [4.78, 5) is 19.6. The van der Waals surface area contributed by atoms with Gasteiger partial charge in [-0.1, -0.05) is 231 Å². The third kappa shape index (κ3) is 9.60. The molecule has 4 heterocycles. The van der Waals surface area contributed by atoms with E-state index in [2.05, 4.69) is 300 Å². The van der Waals surface area contributed by atoms with Gasteiger partial charge in [-0.15, -0.1) is 0 Å². The zero-order valence-corrected chi connectivity index (χ0v) is 49.4. The lowest BCUT2D eigenvalue weighted by Gasteiger charge is -2.16. The Balaban J connectivity index is 0.840. The molecule has 91 heavy (non-hydrogen) atoms. The SMILES string of the molecule is O=c1cc(-c2cc(-c3ccccc3)nc(-c3ccccc3)c2)c2cc(-c3ccc(-n4c5ccc(-c6ccccc6)cc5c5cc(-c6ccccc6)ccc54)cc3)cc(-c3ccc(-n4c5ccc(-c6ccccc6)cc5c5cc(-c6ccccc6)ccc54)cc3)c2o1. The fraction of sp³-hybridized carbons (Fsp3) is 0. The third-order valence-corrected chi connectivity index (χ3v) is 18.0. The summed E-state index contributed by atoms with van der Waals surface area (Å²) in [5.74, 6) is 0. The molecule has 0 aliphatic carbocycles. The highest BCUT2D eigenvalue weighted by atomic mass is 16.4. The Hall–Kier alpha value is -12.2. The van der Waals surface area contributed by atoms with E-state index >= 15 is 0 Å². The highest BCUT2D eigenvalue weighted by Gasteiger charge is 2.22. The predicted octanol–water partition coefficient (Wildman–Crippen LogP) is 22.4. The number of nitrogens with zero attached hydrogens (tertiary/aromatic N) is 3. The van der Waals surface area contributed by atoms with Crippen LogP contribution in [-0.2, 0) is 0 Å². The van der Waals surface area contributed by atoms with Gasteiger partial charge in [0.2, 0.25) is 0 Å². The van der Waals surface area contributed by atoms with Crippen molar-refractivity contribution in [1.82, 2.24) is 14.1 Å². The van der Waals surface area contributed by atoms with Crippen LogP contribution >= 0.6 is 0 Å². The number of rotatable bonds is 11. The van der Waals surface area contributed by atoms with Crippen molar-refractivity contribution < 1.29 is 4.42 Å². The zero-order chi connectivity index (χ0) is 60.4. The van der Waals surface area contributed by atoms with E-state index in [1.807, 2.05) is 36.4 Å². The van der Waals surface area contributed by atoms with Crippen LogP contribution in [0.3, 0.4) is 0 Å². The van der Waals surface area contributed by atoms with Gasteiger partial charge in [0.1, 0.15) is 5.58 Å². The minimum atomic E-state index is -0.440. The standard InChI is InChI=1S/C86H55N3O2/c90-85-55-72(69-53-79(62-27-15-5-16-28-62)87-80(54-69)63-29-17-6-18-30-63)78-52-68(60-31-39-70(40-32-60)88-81-43-35-64(56-19-7-1-8-20-56)47-74(81)75-48-65(36-44-82(75)88)57-21-9-2-10-22-57)51-73(86(78)91-85)61-33-41-71(42-34-61)89-83-45-37-66(58-23-11-3-12-24-58)49-76(83)77-50-67(38-46-84(77)89)59-25-13-4-14-26-59/h1-55H. The van der Waals surface area contributed by atoms with Crippen LogP contribution < -0.4 is 5.63 Å². The van der Waals surface area contributed by atoms with Gasteiger partial charge in [0.25, 0.3) is 0 Å². The van der Waals surface area contributed by atoms with E-state index in [1.54, 1.807) is 6.07 Å². The number of pyridine rings is 1. The molecule has 0 saturated heterocycles. The molecule has 13 aromatic carbocycles. The summed E-state index contributed by atoms with van der Waals surface area (Å²) in [5.41, 5.74) is 24.8. The first kappa shape index (κ1) is 53.1. The number of benzene rings is 13. The predicted molar refractivity (Wildman–Crippen MR) is 378 cm³/mol. The van der Waals surface area contributed by atoms with E-state index in [1.165, 1.54) is 54.9 Å². The van der Waals surface area contributed by atoms with Crippen molar-refractivity contribution in [2.45, 2.75) is 0 Å². The normalized spacial score (nSPS) is 11.6. The third-order valence-electron chi connectivity index (χ3n) is 18.0. The van der Waals surface area contributed by atoms with E-state index in [9.17, 15) is 4.79 Å². The van der Waals surface area contributed by atoms with E-state index in [4.69, 9.17) is 9.40 Å². The van der Waals surface area contributed by atoms with Crippen LogP contribution in [0, 0.1) is 0 Å². The van der Waals surface area contributed by atoms with Gasteiger partial charge < -0.3 is 13.6 Å². The second-order valence-corrected chi connectivity index (χ2v) is 23.4. The lowest BCUT2D eigenvalue weighted by Crippen LogP contribution is -2.01. The van der Waals surface area contributed by atoms with Crippen LogP contribution in [-0.4, -0.2) is 14.1 Å². The molecule has 0 fully saturated rings. The molecule has 17 aromatic rings. The van der Waals surface area contributed by atoms with Gasteiger partial charge >= 0.3 is 5.63 Å². The fourth-order valence-corrected chi connectivity index (χ4v) is 13.5. The van der Waals surface area contributed by atoms with E-state index < -0.39 is 5.63 Å². The Kier molecular flexibility index (Phi) is 13.0. The minimum absolute atomic E-state index is 0.440. The minimum Gasteiger partial charge on any atom is -0.422 e. The van der Waals surface area contributed by atoms with Gasteiger partial charge in [-0.05, 0) is 164 Å². The van der Waals surface area contributed by atoms with Crippen LogP contribution in [0.25, 0.3) is 166 Å². The maximum absolute atomic E-state index is 14.3. The molecule has 4 aromatic heterocycles. The summed E-state index contributed by atoms with van der Waals surface area (Å²) in [5, 5.41) is 5.53. The summed E-state index contributed by atoms with van der Waals surface area (Å²) in [6.07, 6.45) is 0. The van der Waals surface area contributed by atoms with Crippen molar-refractivity contribution >= 4 is 54.6 Å². The second-order valence-electron chi connectivity index (χ2n) is 23.4. The molecule has 5 heteroatoms. The largest absolute Gasteiger partial charge is 0.422 e. The van der Waals surface area contributed by atoms with E-state index in [0.29, 0.717) is 5.58 Å². The molecular weight excluding hydrogens is 1110 g/mol. The van der Waals surface area contributed by atoms with Crippen LogP contribution in [0.2, 0.25) is 0 Å². The van der Waals surface area contributed by atoms with Gasteiger partial charge in [-0.3, -0.25) is 0 Å². The molecule has 0 unspecified atom stereocenters. The molecule has 5 nitrogen and oxygen atoms in total. The van der Waals surface area contributed by atoms with Gasteiger partial charge in [-0.2, -0.15) is 0 Å². The number of hydrogen-bond acceptors (Lipinski definition) is 3. The molecule has 0 N–H and O–H groups in total. The first-order valence-corrected chi connectivity index (χ1v) is 30.8. The molecule has 0 amide bonds. The topological polar surface area (TPSA) is 53.0 Å². The maximum Gasteiger partial charge on any atom is 0.336 e. The Labute approximate surface area is 525 Å². The van der Waals surface area contributed by atoms with Gasteiger partial charge in [0, 0.05) is 66.6 Å². The highest BCUT2D eigenvalue weighted by molar-refractivity contribution is 6.13. The summed E-state index contributed by atoms with van der Waals surface area (Å²) in [6.45, 7) is 0. The molecule has 0 spiro atoms. The van der Waals surface area contributed by atoms with Gasteiger partial charge in [0.15, 0.2) is 0 Å². The highest BCUT2D eigenvalue weighted by Crippen LogP contribution is 2.44. The second kappa shape index (κ2) is 22.2. The average Bonchev–Trinajstić information content (AvgIpc) is 1.72. The van der Waals surface area contributed by atoms with Crippen molar-refractivity contribution in [3.05, 3.63) is 344 Å². The summed E-state index contributed by atoms with van der Waals surface area (Å²) in [7, 11) is 0. The molecule has 17 rings (SSSR count). The van der Waals surface area contributed by atoms with Gasteiger partial charge in [0.05, 0.1) is 33.5 Å². The van der Waals surface area contributed by atoms with E-state index in [0.717, 1.165) is 106 Å². The fourth-order valence-electron chi connectivity index (χ4n) is 13.5. The Morgan fingerprint density at radius 1 is 0.231 bits per heavy atom. The van der Waals surface area contributed by atoms with E-state index in [-0.39, 0.29) is 0 Å². The van der Waals surface area contributed by atoms with Crippen LogP contribution in [0.15, 0.2) is 343 Å². The Bertz CT molecular complexity index is 5410. The van der Waals surface area contributed by atoms with Crippen molar-refractivity contribution in [2.24, 2.45) is 0 Å². The monoisotopic (exact) mass is 1160 g/mol. The molecule has 426 valence electrons. The summed E-state index contributed by atoms with van der Waals surface area (Å²) in [6, 6.07) is 118. The van der Waals surface area contributed by atoms with Crippen LogP contribution in [0.4, 0.5) is 0 Å². The molecule has 0 bridgehead atoms. The maximum atomic E-state index is 14.3. The van der Waals surface area contributed by atoms with Crippen molar-refractivity contribution in [1.29, 1.82) is 0 Å². The molecule has 0 atom stereocenters. The quantitative estimate of drug-likeness (QED) is 0.121. The Morgan fingerprint density at radius 2 is 0.538 bits per heavy atom. The summed E-state index contributed by atoms with van der Waals surface area (Å²) >= 11 is 0. The van der Waals surface area contributed by atoms with Crippen LogP contribution in [0.1, 0.15) is 0 Å². The van der Waals surface area contributed by atoms with Crippen LogP contribution in [0.5, 0.6) is 0 Å². The molecule has 0 aliphatic rings. The van der Waals surface area contributed by atoms with Crippen molar-refractivity contribution in [2.75, 3.05) is 0 Å². The number of aromatic nitrogens is 3. The first-order valence-electron chi connectivity index (χ1n) is 30.8. The smallest absolute Gasteiger partial charge is 0.336 e. The average molecular weight is 1160 g/mol. The number of fused-ring (bicyclic) bond motifs is 7. The van der Waals surface area contributed by atoms with Crippen molar-refractivity contribution in [3.8, 4) is 112 Å². The number of hydrogen-bond donors (Lipinski definition) is 0.